The zero-order valence-electron chi connectivity index (χ0n) is 9.66. The minimum Gasteiger partial charge on any atom is -0.386 e. The number of nitrogens with zero attached hydrogens (tertiary/aromatic N) is 1. The lowest BCUT2D eigenvalue weighted by Crippen LogP contribution is -2.12. The Bertz CT molecular complexity index is 463. The van der Waals surface area contributed by atoms with Gasteiger partial charge in [-0.15, -0.1) is 11.6 Å². The van der Waals surface area contributed by atoms with Crippen molar-refractivity contribution in [2.45, 2.75) is 13.8 Å². The predicted octanol–water partition coefficient (Wildman–Crippen LogP) is 2.32. The maximum atomic E-state index is 11.3. The molecule has 17 heavy (non-hydrogen) atoms. The molecule has 0 aliphatic heterocycles. The van der Waals surface area contributed by atoms with E-state index in [1.807, 2.05) is 0 Å². The number of amidine groups is 1. The molecular formula is C12H13ClN2O2. The summed E-state index contributed by atoms with van der Waals surface area (Å²) in [5.74, 6) is 0.0737. The Hall–Kier alpha value is -1.68. The molecule has 90 valence electrons. The van der Waals surface area contributed by atoms with E-state index in [1.165, 1.54) is 13.8 Å². The Balaban J connectivity index is 3.31. The number of carbonyl (C=O) groups is 2. The summed E-state index contributed by atoms with van der Waals surface area (Å²) < 4.78 is 0. The van der Waals surface area contributed by atoms with Crippen LogP contribution in [0.3, 0.4) is 0 Å². The average Bonchev–Trinajstić information content (AvgIpc) is 2.28. The van der Waals surface area contributed by atoms with Gasteiger partial charge in [-0.25, -0.2) is 4.99 Å². The average molecular weight is 253 g/mol. The van der Waals surface area contributed by atoms with Crippen LogP contribution in [0.2, 0.25) is 0 Å². The maximum absolute atomic E-state index is 11.3. The summed E-state index contributed by atoms with van der Waals surface area (Å²) in [5, 5.41) is 0. The highest BCUT2D eigenvalue weighted by Crippen LogP contribution is 2.19. The molecule has 1 aromatic carbocycles. The normalized spacial score (nSPS) is 11.4. The molecule has 2 N–H and O–H groups in total. The molecule has 0 heterocycles. The van der Waals surface area contributed by atoms with Crippen molar-refractivity contribution in [2.24, 2.45) is 10.7 Å². The fraction of sp³-hybridized carbons (Fsp3) is 0.250. The number of alkyl halides is 1. The van der Waals surface area contributed by atoms with E-state index in [0.717, 1.165) is 0 Å². The highest BCUT2D eigenvalue weighted by atomic mass is 35.5. The van der Waals surface area contributed by atoms with Crippen molar-refractivity contribution in [1.82, 2.24) is 0 Å². The van der Waals surface area contributed by atoms with Crippen LogP contribution in [0.25, 0.3) is 0 Å². The summed E-state index contributed by atoms with van der Waals surface area (Å²) in [6, 6.07) is 4.70. The third kappa shape index (κ3) is 3.67. The molecule has 0 bridgehead atoms. The van der Waals surface area contributed by atoms with E-state index in [4.69, 9.17) is 17.3 Å². The van der Waals surface area contributed by atoms with Gasteiger partial charge in [0.1, 0.15) is 5.84 Å². The van der Waals surface area contributed by atoms with Crippen LogP contribution in [0.1, 0.15) is 34.6 Å². The van der Waals surface area contributed by atoms with Gasteiger partial charge in [0.15, 0.2) is 11.6 Å². The molecule has 4 nitrogen and oxygen atoms in total. The van der Waals surface area contributed by atoms with Gasteiger partial charge in [-0.2, -0.15) is 0 Å². The van der Waals surface area contributed by atoms with Gasteiger partial charge >= 0.3 is 0 Å². The molecule has 1 aromatic rings. The summed E-state index contributed by atoms with van der Waals surface area (Å²) in [6.45, 7) is 2.86. The van der Waals surface area contributed by atoms with Crippen LogP contribution in [0, 0.1) is 0 Å². The van der Waals surface area contributed by atoms with Crippen molar-refractivity contribution in [1.29, 1.82) is 0 Å². The van der Waals surface area contributed by atoms with Crippen molar-refractivity contribution < 1.29 is 9.59 Å². The van der Waals surface area contributed by atoms with E-state index in [2.05, 4.69) is 4.99 Å². The molecule has 0 atom stereocenters. The molecule has 0 unspecified atom stereocenters. The molecule has 0 fully saturated rings. The molecular weight excluding hydrogens is 240 g/mol. The number of carbonyl (C=O) groups excluding carboxylic acids is 2. The summed E-state index contributed by atoms with van der Waals surface area (Å²) in [5.41, 5.74) is 6.82. The first-order valence-corrected chi connectivity index (χ1v) is 5.53. The van der Waals surface area contributed by atoms with E-state index in [1.54, 1.807) is 18.2 Å². The van der Waals surface area contributed by atoms with E-state index in [-0.39, 0.29) is 23.3 Å². The SMILES string of the molecule is CC(=O)c1cc(N=C(N)CCl)cc(C(C)=O)c1. The van der Waals surface area contributed by atoms with Crippen LogP contribution in [0.15, 0.2) is 23.2 Å². The number of benzene rings is 1. The maximum Gasteiger partial charge on any atom is 0.159 e. The lowest BCUT2D eigenvalue weighted by atomic mass is 10.0. The standard InChI is InChI=1S/C12H13ClN2O2/c1-7(16)9-3-10(8(2)17)5-11(4-9)15-12(14)6-13/h3-5H,6H2,1-2H3,(H2,14,15). The molecule has 0 saturated carbocycles. The van der Waals surface area contributed by atoms with Crippen molar-refractivity contribution >= 4 is 34.7 Å². The van der Waals surface area contributed by atoms with E-state index in [0.29, 0.717) is 16.8 Å². The Morgan fingerprint density at radius 2 is 1.65 bits per heavy atom. The zero-order chi connectivity index (χ0) is 13.0. The van der Waals surface area contributed by atoms with Crippen LogP contribution in [0.4, 0.5) is 5.69 Å². The zero-order valence-corrected chi connectivity index (χ0v) is 10.4. The van der Waals surface area contributed by atoms with Gasteiger partial charge < -0.3 is 5.73 Å². The Kier molecular flexibility index (Phi) is 4.40. The van der Waals surface area contributed by atoms with Gasteiger partial charge in [0.05, 0.1) is 11.6 Å². The topological polar surface area (TPSA) is 72.5 Å². The van der Waals surface area contributed by atoms with Crippen LogP contribution >= 0.6 is 11.6 Å². The number of nitrogens with two attached hydrogens (primary N) is 1. The lowest BCUT2D eigenvalue weighted by molar-refractivity contribution is 0.101. The van der Waals surface area contributed by atoms with Gasteiger partial charge in [-0.05, 0) is 32.0 Å². The van der Waals surface area contributed by atoms with Crippen molar-refractivity contribution in [3.05, 3.63) is 29.3 Å². The molecule has 0 amide bonds. The van der Waals surface area contributed by atoms with Gasteiger partial charge in [-0.3, -0.25) is 9.59 Å². The number of Topliss-reactive ketones (excluding diaryl/α,β-unsaturated/α-hetero) is 2. The Morgan fingerprint density at radius 1 is 1.18 bits per heavy atom. The van der Waals surface area contributed by atoms with Crippen LogP contribution in [-0.2, 0) is 0 Å². The Labute approximate surface area is 104 Å². The van der Waals surface area contributed by atoms with E-state index in [9.17, 15) is 9.59 Å². The van der Waals surface area contributed by atoms with Gasteiger partial charge in [0.25, 0.3) is 0 Å². The number of aliphatic imine (C=N–C) groups is 1. The third-order valence-electron chi connectivity index (χ3n) is 2.14. The van der Waals surface area contributed by atoms with Crippen LogP contribution in [-0.4, -0.2) is 23.3 Å². The van der Waals surface area contributed by atoms with Crippen molar-refractivity contribution in [3.8, 4) is 0 Å². The first-order chi connectivity index (χ1) is 7.93. The predicted molar refractivity (Wildman–Crippen MR) is 68.5 cm³/mol. The largest absolute Gasteiger partial charge is 0.386 e. The fourth-order valence-electron chi connectivity index (χ4n) is 1.28. The van der Waals surface area contributed by atoms with Crippen LogP contribution in [0.5, 0.6) is 0 Å². The van der Waals surface area contributed by atoms with Gasteiger partial charge in [0.2, 0.25) is 0 Å². The molecule has 5 heteroatoms. The fourth-order valence-corrected chi connectivity index (χ4v) is 1.34. The first kappa shape index (κ1) is 13.4. The molecule has 0 radical (unpaired) electrons. The third-order valence-corrected chi connectivity index (χ3v) is 2.41. The minimum atomic E-state index is -0.131. The molecule has 0 aliphatic rings. The minimum absolute atomic E-state index is 0.0969. The van der Waals surface area contributed by atoms with Gasteiger partial charge in [0, 0.05) is 11.1 Å². The number of rotatable bonds is 4. The molecule has 0 saturated heterocycles. The highest BCUT2D eigenvalue weighted by molar-refractivity contribution is 6.28. The molecule has 1 rings (SSSR count). The molecule has 0 aromatic heterocycles. The molecule has 0 spiro atoms. The Morgan fingerprint density at radius 3 is 2.00 bits per heavy atom. The molecule has 0 aliphatic carbocycles. The first-order valence-electron chi connectivity index (χ1n) is 5.00. The monoisotopic (exact) mass is 252 g/mol. The number of ketones is 2. The summed E-state index contributed by atoms with van der Waals surface area (Å²) in [4.78, 5) is 26.6. The van der Waals surface area contributed by atoms with Crippen LogP contribution < -0.4 is 5.73 Å². The number of hydrogen-bond acceptors (Lipinski definition) is 3. The number of hydrogen-bond donors (Lipinski definition) is 1. The summed E-state index contributed by atoms with van der Waals surface area (Å²) >= 11 is 5.52. The summed E-state index contributed by atoms with van der Waals surface area (Å²) in [6.07, 6.45) is 0. The second kappa shape index (κ2) is 5.59. The second-order valence-electron chi connectivity index (χ2n) is 3.62. The lowest BCUT2D eigenvalue weighted by Gasteiger charge is -2.03. The summed E-state index contributed by atoms with van der Waals surface area (Å²) in [7, 11) is 0. The smallest absolute Gasteiger partial charge is 0.159 e. The van der Waals surface area contributed by atoms with E-state index < -0.39 is 0 Å². The number of halogens is 1. The quantitative estimate of drug-likeness (QED) is 0.387. The van der Waals surface area contributed by atoms with E-state index >= 15 is 0 Å². The van der Waals surface area contributed by atoms with Crippen molar-refractivity contribution in [3.63, 3.8) is 0 Å². The second-order valence-corrected chi connectivity index (χ2v) is 3.88. The van der Waals surface area contributed by atoms with Crippen molar-refractivity contribution in [2.75, 3.05) is 5.88 Å². The van der Waals surface area contributed by atoms with Gasteiger partial charge in [-0.1, -0.05) is 0 Å². The highest BCUT2D eigenvalue weighted by Gasteiger charge is 2.07.